The average molecular weight is 241 g/mol. The Morgan fingerprint density at radius 3 is 2.06 bits per heavy atom. The lowest BCUT2D eigenvalue weighted by atomic mass is 10.1. The molecule has 0 bridgehead atoms. The number of hydrogen-bond donors (Lipinski definition) is 0. The van der Waals surface area contributed by atoms with Gasteiger partial charge in [0.25, 0.3) is 0 Å². The molecule has 0 radical (unpaired) electrons. The second-order valence-corrected chi connectivity index (χ2v) is 3.80. The number of alkyl halides is 3. The van der Waals surface area contributed by atoms with E-state index in [1.165, 1.54) is 12.1 Å². The summed E-state index contributed by atoms with van der Waals surface area (Å²) in [7, 11) is 0. The van der Waals surface area contributed by atoms with Crippen LogP contribution in [0.5, 0.6) is 0 Å². The molecule has 0 N–H and O–H groups in total. The summed E-state index contributed by atoms with van der Waals surface area (Å²) in [6.45, 7) is 3.60. The largest absolute Gasteiger partial charge is 0.416 e. The van der Waals surface area contributed by atoms with Gasteiger partial charge < -0.3 is 4.52 Å². The summed E-state index contributed by atoms with van der Waals surface area (Å²) < 4.78 is 42.2. The van der Waals surface area contributed by atoms with E-state index in [1.807, 2.05) is 6.92 Å². The van der Waals surface area contributed by atoms with Gasteiger partial charge in [-0.05, 0) is 26.0 Å². The third-order valence-electron chi connectivity index (χ3n) is 2.63. The first-order valence-electron chi connectivity index (χ1n) is 5.00. The predicted octanol–water partition coefficient (Wildman–Crippen LogP) is 3.98. The average Bonchev–Trinajstić information content (AvgIpc) is 2.59. The van der Waals surface area contributed by atoms with E-state index in [2.05, 4.69) is 5.16 Å². The van der Waals surface area contributed by atoms with E-state index in [-0.39, 0.29) is 0 Å². The molecule has 1 heterocycles. The van der Waals surface area contributed by atoms with Gasteiger partial charge in [-0.15, -0.1) is 0 Å². The second-order valence-electron chi connectivity index (χ2n) is 3.80. The lowest BCUT2D eigenvalue weighted by Gasteiger charge is -2.06. The molecule has 0 amide bonds. The highest BCUT2D eigenvalue weighted by atomic mass is 19.4. The van der Waals surface area contributed by atoms with Gasteiger partial charge in [0.15, 0.2) is 5.76 Å². The molecule has 0 fully saturated rings. The highest BCUT2D eigenvalue weighted by Crippen LogP contribution is 2.32. The molecule has 90 valence electrons. The Balaban J connectivity index is 2.40. The van der Waals surface area contributed by atoms with Gasteiger partial charge >= 0.3 is 6.18 Å². The van der Waals surface area contributed by atoms with Crippen LogP contribution in [0.25, 0.3) is 11.3 Å². The summed E-state index contributed by atoms with van der Waals surface area (Å²) in [5, 5.41) is 3.77. The van der Waals surface area contributed by atoms with Gasteiger partial charge in [-0.3, -0.25) is 0 Å². The summed E-state index contributed by atoms with van der Waals surface area (Å²) in [6, 6.07) is 4.84. The molecule has 0 aliphatic carbocycles. The van der Waals surface area contributed by atoms with Crippen molar-refractivity contribution in [3.63, 3.8) is 0 Å². The van der Waals surface area contributed by atoms with Crippen LogP contribution in [0.4, 0.5) is 13.2 Å². The Labute approximate surface area is 96.0 Å². The Morgan fingerprint density at radius 1 is 1.06 bits per heavy atom. The normalized spacial score (nSPS) is 11.8. The quantitative estimate of drug-likeness (QED) is 0.754. The molecule has 17 heavy (non-hydrogen) atoms. The zero-order chi connectivity index (χ0) is 12.6. The Hall–Kier alpha value is -1.78. The molecular formula is C12H10F3NO. The molecule has 0 aliphatic rings. The number of nitrogens with zero attached hydrogens (tertiary/aromatic N) is 1. The first kappa shape index (κ1) is 11.7. The van der Waals surface area contributed by atoms with Crippen molar-refractivity contribution in [3.05, 3.63) is 41.1 Å². The van der Waals surface area contributed by atoms with Crippen LogP contribution in [-0.4, -0.2) is 5.16 Å². The second kappa shape index (κ2) is 3.91. The van der Waals surface area contributed by atoms with Gasteiger partial charge in [-0.25, -0.2) is 0 Å². The number of rotatable bonds is 1. The highest BCUT2D eigenvalue weighted by Gasteiger charge is 2.30. The Kier molecular flexibility index (Phi) is 2.69. The molecule has 5 heteroatoms. The third kappa shape index (κ3) is 2.18. The molecule has 0 spiro atoms. The van der Waals surface area contributed by atoms with E-state index in [1.54, 1.807) is 6.92 Å². The highest BCUT2D eigenvalue weighted by molar-refractivity contribution is 5.61. The molecule has 2 aromatic rings. The maximum Gasteiger partial charge on any atom is 0.416 e. The summed E-state index contributed by atoms with van der Waals surface area (Å²) in [6.07, 6.45) is -4.31. The predicted molar refractivity (Wildman–Crippen MR) is 56.4 cm³/mol. The number of benzene rings is 1. The van der Waals surface area contributed by atoms with Gasteiger partial charge in [0.1, 0.15) is 0 Å². The van der Waals surface area contributed by atoms with Crippen molar-refractivity contribution in [1.82, 2.24) is 5.16 Å². The number of halogens is 3. The van der Waals surface area contributed by atoms with Gasteiger partial charge in [-0.1, -0.05) is 17.3 Å². The summed E-state index contributed by atoms with van der Waals surface area (Å²) >= 11 is 0. The van der Waals surface area contributed by atoms with Crippen LogP contribution in [0, 0.1) is 13.8 Å². The first-order chi connectivity index (χ1) is 7.89. The fourth-order valence-electron chi connectivity index (χ4n) is 1.50. The monoisotopic (exact) mass is 241 g/mol. The summed E-state index contributed by atoms with van der Waals surface area (Å²) in [4.78, 5) is 0. The fraction of sp³-hybridized carbons (Fsp3) is 0.250. The molecule has 1 aromatic carbocycles. The van der Waals surface area contributed by atoms with Crippen molar-refractivity contribution >= 4 is 0 Å². The standard InChI is InChI=1S/C12H10F3NO/c1-7-8(2)16-17-11(7)9-3-5-10(6-4-9)12(13,14)15/h3-6H,1-2H3. The zero-order valence-electron chi connectivity index (χ0n) is 9.30. The van der Waals surface area contributed by atoms with E-state index in [0.29, 0.717) is 11.3 Å². The number of aryl methyl sites for hydroxylation is 1. The van der Waals surface area contributed by atoms with Crippen LogP contribution in [0.2, 0.25) is 0 Å². The third-order valence-corrected chi connectivity index (χ3v) is 2.63. The van der Waals surface area contributed by atoms with Crippen molar-refractivity contribution in [2.45, 2.75) is 20.0 Å². The fourth-order valence-corrected chi connectivity index (χ4v) is 1.50. The molecule has 0 aliphatic heterocycles. The van der Waals surface area contributed by atoms with Gasteiger partial charge in [0, 0.05) is 11.1 Å². The van der Waals surface area contributed by atoms with Crippen LogP contribution in [-0.2, 0) is 6.18 Å². The van der Waals surface area contributed by atoms with Crippen LogP contribution in [0.15, 0.2) is 28.8 Å². The SMILES string of the molecule is Cc1noc(-c2ccc(C(F)(F)F)cc2)c1C. The van der Waals surface area contributed by atoms with Crippen molar-refractivity contribution in [2.24, 2.45) is 0 Å². The minimum absolute atomic E-state index is 0.510. The van der Waals surface area contributed by atoms with Gasteiger partial charge in [-0.2, -0.15) is 13.2 Å². The number of hydrogen-bond acceptors (Lipinski definition) is 2. The molecular weight excluding hydrogens is 231 g/mol. The summed E-state index contributed by atoms with van der Waals surface area (Å²) in [5.74, 6) is 0.510. The lowest BCUT2D eigenvalue weighted by molar-refractivity contribution is -0.137. The van der Waals surface area contributed by atoms with Crippen molar-refractivity contribution < 1.29 is 17.7 Å². The van der Waals surface area contributed by atoms with Crippen LogP contribution in [0.3, 0.4) is 0 Å². The van der Waals surface area contributed by atoms with Gasteiger partial charge in [0.2, 0.25) is 0 Å². The molecule has 1 aromatic heterocycles. The molecule has 0 saturated heterocycles. The minimum Gasteiger partial charge on any atom is -0.356 e. The zero-order valence-corrected chi connectivity index (χ0v) is 9.30. The molecule has 2 nitrogen and oxygen atoms in total. The van der Waals surface area contributed by atoms with Crippen molar-refractivity contribution in [2.75, 3.05) is 0 Å². The Morgan fingerprint density at radius 2 is 1.65 bits per heavy atom. The van der Waals surface area contributed by atoms with E-state index in [4.69, 9.17) is 4.52 Å². The minimum atomic E-state index is -4.31. The smallest absolute Gasteiger partial charge is 0.356 e. The topological polar surface area (TPSA) is 26.0 Å². The summed E-state index contributed by atoms with van der Waals surface area (Å²) in [5.41, 5.74) is 1.50. The van der Waals surface area contributed by atoms with E-state index < -0.39 is 11.7 Å². The first-order valence-corrected chi connectivity index (χ1v) is 5.00. The van der Waals surface area contributed by atoms with Crippen LogP contribution in [0.1, 0.15) is 16.8 Å². The van der Waals surface area contributed by atoms with Crippen LogP contribution < -0.4 is 0 Å². The molecule has 0 unspecified atom stereocenters. The molecule has 2 rings (SSSR count). The van der Waals surface area contributed by atoms with Gasteiger partial charge in [0.05, 0.1) is 11.3 Å². The lowest BCUT2D eigenvalue weighted by Crippen LogP contribution is -2.03. The number of aromatic nitrogens is 1. The van der Waals surface area contributed by atoms with Crippen molar-refractivity contribution in [3.8, 4) is 11.3 Å². The van der Waals surface area contributed by atoms with Crippen LogP contribution >= 0.6 is 0 Å². The van der Waals surface area contributed by atoms with E-state index in [0.717, 1.165) is 23.4 Å². The van der Waals surface area contributed by atoms with E-state index in [9.17, 15) is 13.2 Å². The van der Waals surface area contributed by atoms with Crippen molar-refractivity contribution in [1.29, 1.82) is 0 Å². The maximum absolute atomic E-state index is 12.4. The Bertz CT molecular complexity index is 526. The molecule has 0 saturated carbocycles. The van der Waals surface area contributed by atoms with E-state index >= 15 is 0 Å². The molecule has 0 atom stereocenters. The maximum atomic E-state index is 12.4.